The third kappa shape index (κ3) is 5.50. The molecule has 0 saturated heterocycles. The zero-order valence-electron chi connectivity index (χ0n) is 22.6. The van der Waals surface area contributed by atoms with Gasteiger partial charge in [0.15, 0.2) is 0 Å². The zero-order valence-corrected chi connectivity index (χ0v) is 22.6. The van der Waals surface area contributed by atoms with E-state index in [1.165, 1.54) is 12.0 Å². The van der Waals surface area contributed by atoms with Crippen LogP contribution in [0.5, 0.6) is 5.75 Å². The second kappa shape index (κ2) is 10.2. The minimum atomic E-state index is -0.937. The molecule has 0 fully saturated rings. The first-order valence-corrected chi connectivity index (χ1v) is 12.0. The minimum absolute atomic E-state index is 0.270. The van der Waals surface area contributed by atoms with Gasteiger partial charge >= 0.3 is 12.1 Å². The fourth-order valence-electron chi connectivity index (χ4n) is 4.60. The van der Waals surface area contributed by atoms with E-state index in [0.29, 0.717) is 0 Å². The van der Waals surface area contributed by atoms with Crippen molar-refractivity contribution in [2.45, 2.75) is 78.6 Å². The van der Waals surface area contributed by atoms with Gasteiger partial charge < -0.3 is 29.4 Å². The molecule has 0 saturated carbocycles. The van der Waals surface area contributed by atoms with Crippen LogP contribution in [0.1, 0.15) is 64.4 Å². The fourth-order valence-corrected chi connectivity index (χ4v) is 4.60. The van der Waals surface area contributed by atoms with Gasteiger partial charge in [0.05, 0.1) is 20.3 Å². The third-order valence-electron chi connectivity index (χ3n) is 6.11. The highest BCUT2D eigenvalue weighted by Crippen LogP contribution is 2.40. The van der Waals surface area contributed by atoms with Crippen molar-refractivity contribution in [1.82, 2.24) is 15.2 Å². The van der Waals surface area contributed by atoms with Crippen LogP contribution in [0.15, 0.2) is 23.8 Å². The van der Waals surface area contributed by atoms with Crippen molar-refractivity contribution in [2.24, 2.45) is 0 Å². The SMILES string of the molecule is COC(=O)[C@@H]1Cc2c([nH]c3cc(OC)c(C)cc23)[C@H](C=C(C)C)N1C(=O)[C@H](C)NC(=O)OC(C)(C)C. The number of carbonyl (C=O) groups excluding carboxylic acids is 3. The average Bonchev–Trinajstić information content (AvgIpc) is 3.12. The molecule has 36 heavy (non-hydrogen) atoms. The Balaban J connectivity index is 2.12. The van der Waals surface area contributed by atoms with Crippen molar-refractivity contribution in [3.8, 4) is 5.75 Å². The number of benzene rings is 1. The van der Waals surface area contributed by atoms with Gasteiger partial charge in [-0.1, -0.05) is 11.6 Å². The molecule has 1 aliphatic heterocycles. The van der Waals surface area contributed by atoms with Crippen LogP contribution in [0, 0.1) is 6.92 Å². The first kappa shape index (κ1) is 27.1. The lowest BCUT2D eigenvalue weighted by Crippen LogP contribution is -2.56. The number of ether oxygens (including phenoxy) is 3. The molecule has 3 atom stereocenters. The van der Waals surface area contributed by atoms with E-state index in [0.717, 1.165) is 39.0 Å². The van der Waals surface area contributed by atoms with Crippen molar-refractivity contribution in [1.29, 1.82) is 0 Å². The van der Waals surface area contributed by atoms with Gasteiger partial charge in [0, 0.05) is 29.1 Å². The third-order valence-corrected chi connectivity index (χ3v) is 6.11. The molecule has 2 N–H and O–H groups in total. The molecule has 0 radical (unpaired) electrons. The summed E-state index contributed by atoms with van der Waals surface area (Å²) >= 11 is 0. The lowest BCUT2D eigenvalue weighted by atomic mass is 9.89. The lowest BCUT2D eigenvalue weighted by molar-refractivity contribution is -0.155. The maximum Gasteiger partial charge on any atom is 0.408 e. The first-order chi connectivity index (χ1) is 16.8. The van der Waals surface area contributed by atoms with Crippen LogP contribution in [-0.4, -0.2) is 59.8 Å². The summed E-state index contributed by atoms with van der Waals surface area (Å²) in [6.07, 6.45) is 1.50. The predicted octanol–water partition coefficient (Wildman–Crippen LogP) is 4.33. The number of nitrogens with zero attached hydrogens (tertiary/aromatic N) is 1. The molecular weight excluding hydrogens is 462 g/mol. The normalized spacial score (nSPS) is 18.2. The number of aromatic amines is 1. The number of rotatable bonds is 5. The van der Waals surface area contributed by atoms with Gasteiger partial charge in [-0.15, -0.1) is 0 Å². The maximum atomic E-state index is 13.8. The molecule has 1 aromatic heterocycles. The van der Waals surface area contributed by atoms with Gasteiger partial charge in [-0.25, -0.2) is 9.59 Å². The summed E-state index contributed by atoms with van der Waals surface area (Å²) in [6.45, 7) is 12.6. The highest BCUT2D eigenvalue weighted by Gasteiger charge is 2.44. The predicted molar refractivity (Wildman–Crippen MR) is 137 cm³/mol. The first-order valence-electron chi connectivity index (χ1n) is 12.0. The highest BCUT2D eigenvalue weighted by atomic mass is 16.6. The van der Waals surface area contributed by atoms with Crippen molar-refractivity contribution in [3.05, 3.63) is 40.6 Å². The van der Waals surface area contributed by atoms with Crippen molar-refractivity contribution < 1.29 is 28.6 Å². The Morgan fingerprint density at radius 3 is 2.42 bits per heavy atom. The highest BCUT2D eigenvalue weighted by molar-refractivity contribution is 5.93. The number of carbonyl (C=O) groups is 3. The van der Waals surface area contributed by atoms with Gasteiger partial charge in [0.1, 0.15) is 23.4 Å². The summed E-state index contributed by atoms with van der Waals surface area (Å²) in [4.78, 5) is 44.1. The van der Waals surface area contributed by atoms with Gasteiger partial charge in [0.2, 0.25) is 5.91 Å². The Kier molecular flexibility index (Phi) is 7.71. The molecular formula is C27H37N3O6. The van der Waals surface area contributed by atoms with E-state index in [9.17, 15) is 14.4 Å². The smallest absolute Gasteiger partial charge is 0.408 e. The molecule has 0 unspecified atom stereocenters. The molecule has 196 valence electrons. The standard InChI is InChI=1S/C27H37N3O6/c1-14(2)10-20-23-18(17-11-15(3)22(34-8)13-19(17)29-23)12-21(25(32)35-9)30(20)24(31)16(4)28-26(33)36-27(5,6)7/h10-11,13,16,20-21,29H,12H2,1-9H3,(H,28,33)/t16-,20-,21-/m0/s1. The Labute approximate surface area is 212 Å². The lowest BCUT2D eigenvalue weighted by Gasteiger charge is -2.41. The van der Waals surface area contributed by atoms with E-state index in [2.05, 4.69) is 10.3 Å². The van der Waals surface area contributed by atoms with Crippen molar-refractivity contribution >= 4 is 28.9 Å². The quantitative estimate of drug-likeness (QED) is 0.468. The summed E-state index contributed by atoms with van der Waals surface area (Å²) in [6, 6.07) is 1.57. The number of esters is 1. The van der Waals surface area contributed by atoms with Gasteiger partial charge in [0.25, 0.3) is 0 Å². The number of hydrogen-bond acceptors (Lipinski definition) is 6. The zero-order chi connectivity index (χ0) is 26.9. The summed E-state index contributed by atoms with van der Waals surface area (Å²) < 4.78 is 15.9. The van der Waals surface area contributed by atoms with Crippen molar-refractivity contribution in [2.75, 3.05) is 14.2 Å². The summed E-state index contributed by atoms with van der Waals surface area (Å²) in [7, 11) is 2.93. The Bertz CT molecular complexity index is 1200. The Hall–Kier alpha value is -3.49. The Morgan fingerprint density at radius 2 is 1.86 bits per heavy atom. The average molecular weight is 500 g/mol. The van der Waals surface area contributed by atoms with Crippen LogP contribution in [0.3, 0.4) is 0 Å². The summed E-state index contributed by atoms with van der Waals surface area (Å²) in [5, 5.41) is 3.57. The largest absolute Gasteiger partial charge is 0.496 e. The van der Waals surface area contributed by atoms with Crippen LogP contribution in [0.4, 0.5) is 4.79 Å². The van der Waals surface area contributed by atoms with Crippen LogP contribution in [0.2, 0.25) is 0 Å². The van der Waals surface area contributed by atoms with Crippen LogP contribution in [-0.2, 0) is 25.5 Å². The molecule has 0 aliphatic carbocycles. The minimum Gasteiger partial charge on any atom is -0.496 e. The van der Waals surface area contributed by atoms with Crippen LogP contribution < -0.4 is 10.1 Å². The number of fused-ring (bicyclic) bond motifs is 3. The molecule has 9 nitrogen and oxygen atoms in total. The maximum absolute atomic E-state index is 13.8. The van der Waals surface area contributed by atoms with Gasteiger partial charge in [-0.2, -0.15) is 0 Å². The molecule has 9 heteroatoms. The van der Waals surface area contributed by atoms with Crippen molar-refractivity contribution in [3.63, 3.8) is 0 Å². The van der Waals surface area contributed by atoms with Gasteiger partial charge in [-0.3, -0.25) is 4.79 Å². The molecule has 1 aromatic carbocycles. The monoisotopic (exact) mass is 499 g/mol. The van der Waals surface area contributed by atoms with E-state index in [1.54, 1.807) is 34.8 Å². The number of allylic oxidation sites excluding steroid dienone is 1. The van der Waals surface area contributed by atoms with E-state index in [1.807, 2.05) is 39.0 Å². The number of amides is 2. The number of aryl methyl sites for hydroxylation is 1. The number of aromatic nitrogens is 1. The summed E-state index contributed by atoms with van der Waals surface area (Å²) in [5.74, 6) is -0.200. The van der Waals surface area contributed by atoms with E-state index >= 15 is 0 Å². The van der Waals surface area contributed by atoms with E-state index < -0.39 is 41.7 Å². The molecule has 2 amide bonds. The Morgan fingerprint density at radius 1 is 1.19 bits per heavy atom. The second-order valence-electron chi connectivity index (χ2n) is 10.4. The van der Waals surface area contributed by atoms with Crippen LogP contribution in [0.25, 0.3) is 10.9 Å². The molecule has 2 aromatic rings. The van der Waals surface area contributed by atoms with Gasteiger partial charge in [-0.05, 0) is 65.7 Å². The number of H-pyrrole nitrogens is 1. The summed E-state index contributed by atoms with van der Waals surface area (Å²) in [5.41, 5.74) is 3.84. The molecule has 0 spiro atoms. The molecule has 1 aliphatic rings. The topological polar surface area (TPSA) is 110 Å². The molecule has 0 bridgehead atoms. The second-order valence-corrected chi connectivity index (χ2v) is 10.4. The number of hydrogen-bond donors (Lipinski definition) is 2. The van der Waals surface area contributed by atoms with Crippen LogP contribution >= 0.6 is 0 Å². The fraction of sp³-hybridized carbons (Fsp3) is 0.519. The van der Waals surface area contributed by atoms with E-state index in [4.69, 9.17) is 14.2 Å². The number of nitrogens with one attached hydrogen (secondary N) is 2. The molecule has 2 heterocycles. The number of methoxy groups -OCH3 is 2. The van der Waals surface area contributed by atoms with E-state index in [-0.39, 0.29) is 6.42 Å². The number of alkyl carbamates (subject to hydrolysis) is 1. The molecule has 3 rings (SSSR count).